The molecule has 0 spiro atoms. The number of carbonyl (C=O) groups is 1. The van der Waals surface area contributed by atoms with Gasteiger partial charge in [-0.05, 0) is 48.0 Å². The number of nitrogens with one attached hydrogen (secondary N) is 2. The number of hydrogen-bond donors (Lipinski definition) is 2. The van der Waals surface area contributed by atoms with Gasteiger partial charge in [0.2, 0.25) is 9.84 Å². The number of urea groups is 1. The average Bonchev–Trinajstić information content (AvgIpc) is 2.77. The zero-order chi connectivity index (χ0) is 24.1. The number of amides is 2. The lowest BCUT2D eigenvalue weighted by molar-refractivity contribution is -0.153. The van der Waals surface area contributed by atoms with Gasteiger partial charge in [0.05, 0.1) is 9.79 Å². The van der Waals surface area contributed by atoms with Crippen molar-refractivity contribution < 1.29 is 35.5 Å². The van der Waals surface area contributed by atoms with Gasteiger partial charge in [0.25, 0.3) is 0 Å². The molecular weight excluding hydrogens is 466 g/mol. The molecule has 0 fully saturated rings. The highest BCUT2D eigenvalue weighted by Gasteiger charge is 2.29. The number of anilines is 1. The number of nitrogens with zero attached hydrogens (tertiary/aromatic N) is 1. The van der Waals surface area contributed by atoms with E-state index in [9.17, 15) is 30.8 Å². The van der Waals surface area contributed by atoms with Crippen molar-refractivity contribution >= 4 is 21.6 Å². The van der Waals surface area contributed by atoms with Crippen molar-refractivity contribution in [2.24, 2.45) is 0 Å². The van der Waals surface area contributed by atoms with E-state index in [1.54, 1.807) is 24.5 Å². The van der Waals surface area contributed by atoms with Gasteiger partial charge < -0.3 is 15.4 Å². The van der Waals surface area contributed by atoms with Crippen molar-refractivity contribution in [3.8, 4) is 5.75 Å². The van der Waals surface area contributed by atoms with Crippen molar-refractivity contribution in [3.63, 3.8) is 0 Å². The topological polar surface area (TPSA) is 97.4 Å². The van der Waals surface area contributed by atoms with Crippen LogP contribution in [0.4, 0.5) is 28.0 Å². The number of alkyl halides is 3. The Morgan fingerprint density at radius 3 is 2.36 bits per heavy atom. The van der Waals surface area contributed by atoms with Crippen LogP contribution in [-0.4, -0.2) is 32.2 Å². The Kier molecular flexibility index (Phi) is 7.16. The molecule has 0 saturated carbocycles. The van der Waals surface area contributed by atoms with Gasteiger partial charge >= 0.3 is 12.2 Å². The second kappa shape index (κ2) is 9.86. The quantitative estimate of drug-likeness (QED) is 0.386. The Morgan fingerprint density at radius 1 is 1.03 bits per heavy atom. The van der Waals surface area contributed by atoms with Crippen LogP contribution >= 0.6 is 0 Å². The first-order chi connectivity index (χ1) is 15.5. The van der Waals surface area contributed by atoms with Crippen LogP contribution in [0.1, 0.15) is 5.56 Å². The summed E-state index contributed by atoms with van der Waals surface area (Å²) in [4.78, 5) is 15.3. The molecule has 3 rings (SSSR count). The highest BCUT2D eigenvalue weighted by molar-refractivity contribution is 7.91. The zero-order valence-electron chi connectivity index (χ0n) is 16.8. The van der Waals surface area contributed by atoms with Gasteiger partial charge in [0.15, 0.2) is 18.2 Å². The van der Waals surface area contributed by atoms with Gasteiger partial charge in [-0.3, -0.25) is 4.98 Å². The third kappa shape index (κ3) is 6.65. The van der Waals surface area contributed by atoms with Gasteiger partial charge in [0, 0.05) is 30.7 Å². The molecule has 2 amide bonds. The summed E-state index contributed by atoms with van der Waals surface area (Å²) in [6, 6.07) is 10.4. The summed E-state index contributed by atoms with van der Waals surface area (Å²) in [6.45, 7) is -1.54. The first kappa shape index (κ1) is 24.0. The van der Waals surface area contributed by atoms with Crippen LogP contribution in [-0.2, 0) is 16.4 Å². The maximum Gasteiger partial charge on any atom is 0.422 e. The minimum absolute atomic E-state index is 0.211. The van der Waals surface area contributed by atoms with Crippen molar-refractivity contribution in [3.05, 3.63) is 78.4 Å². The monoisotopic (exact) mass is 483 g/mol. The van der Waals surface area contributed by atoms with E-state index in [1.807, 2.05) is 0 Å². The van der Waals surface area contributed by atoms with E-state index in [4.69, 9.17) is 0 Å². The van der Waals surface area contributed by atoms with Crippen LogP contribution in [0.5, 0.6) is 5.75 Å². The van der Waals surface area contributed by atoms with E-state index in [0.29, 0.717) is 17.8 Å². The summed E-state index contributed by atoms with van der Waals surface area (Å²) in [5.41, 5.74) is 1.08. The molecule has 1 aromatic heterocycles. The minimum atomic E-state index is -4.71. The van der Waals surface area contributed by atoms with Crippen LogP contribution in [0.25, 0.3) is 0 Å². The molecule has 0 aliphatic carbocycles. The first-order valence-electron chi connectivity index (χ1n) is 9.32. The zero-order valence-corrected chi connectivity index (χ0v) is 17.6. The normalized spacial score (nSPS) is 11.6. The van der Waals surface area contributed by atoms with Crippen molar-refractivity contribution in [1.82, 2.24) is 10.3 Å². The number of benzene rings is 2. The summed E-state index contributed by atoms with van der Waals surface area (Å²) < 4.78 is 80.7. The van der Waals surface area contributed by atoms with Crippen LogP contribution in [0.15, 0.2) is 76.8 Å². The number of carbonyl (C=O) groups excluding carboxylic acids is 1. The Labute approximate surface area is 186 Å². The first-order valence-corrected chi connectivity index (χ1v) is 10.8. The predicted molar refractivity (Wildman–Crippen MR) is 110 cm³/mol. The van der Waals surface area contributed by atoms with Gasteiger partial charge in [-0.1, -0.05) is 6.07 Å². The maximum absolute atomic E-state index is 13.7. The van der Waals surface area contributed by atoms with Crippen LogP contribution in [0.2, 0.25) is 0 Å². The molecule has 1 heterocycles. The fourth-order valence-corrected chi connectivity index (χ4v) is 3.91. The van der Waals surface area contributed by atoms with Crippen molar-refractivity contribution in [2.75, 3.05) is 11.9 Å². The molecule has 0 atom stereocenters. The summed E-state index contributed by atoms with van der Waals surface area (Å²) in [7, 11) is -4.19. The third-order valence-corrected chi connectivity index (χ3v) is 5.97. The van der Waals surface area contributed by atoms with E-state index in [-0.39, 0.29) is 11.4 Å². The molecule has 2 N–H and O–H groups in total. The molecule has 3 aromatic rings. The largest absolute Gasteiger partial charge is 0.481 e. The molecule has 33 heavy (non-hydrogen) atoms. The van der Waals surface area contributed by atoms with E-state index in [1.165, 1.54) is 24.3 Å². The molecule has 2 aromatic carbocycles. The number of rotatable bonds is 7. The molecule has 0 saturated heterocycles. The molecule has 12 heteroatoms. The van der Waals surface area contributed by atoms with E-state index >= 15 is 0 Å². The highest BCUT2D eigenvalue weighted by atomic mass is 32.2. The van der Waals surface area contributed by atoms with Gasteiger partial charge in [0.1, 0.15) is 0 Å². The van der Waals surface area contributed by atoms with Crippen molar-refractivity contribution in [2.45, 2.75) is 22.5 Å². The standard InChI is InChI=1S/C21H17F4N3O4S/c22-18-8-7-17(10-19(18)32-13-21(23,24)25)33(30,31)16-5-3-15(4-6-16)28-20(29)27-12-14-2-1-9-26-11-14/h1-11H,12-13H2,(H2,27,28,29). The number of ether oxygens (including phenoxy) is 1. The van der Waals surface area contributed by atoms with Crippen LogP contribution in [0.3, 0.4) is 0 Å². The molecule has 0 radical (unpaired) electrons. The smallest absolute Gasteiger partial charge is 0.422 e. The number of sulfone groups is 1. The maximum atomic E-state index is 13.7. The summed E-state index contributed by atoms with van der Waals surface area (Å²) in [5.74, 6) is -1.97. The van der Waals surface area contributed by atoms with E-state index < -0.39 is 45.1 Å². The number of hydrogen-bond acceptors (Lipinski definition) is 5. The molecule has 7 nitrogen and oxygen atoms in total. The Morgan fingerprint density at radius 2 is 1.73 bits per heavy atom. The summed E-state index contributed by atoms with van der Waals surface area (Å²) in [5, 5.41) is 5.15. The number of halogens is 4. The van der Waals surface area contributed by atoms with E-state index in [0.717, 1.165) is 11.6 Å². The van der Waals surface area contributed by atoms with Crippen LogP contribution < -0.4 is 15.4 Å². The Balaban J connectivity index is 1.68. The fraction of sp³-hybridized carbons (Fsp3) is 0.143. The minimum Gasteiger partial charge on any atom is -0.481 e. The van der Waals surface area contributed by atoms with Gasteiger partial charge in [-0.2, -0.15) is 13.2 Å². The third-order valence-electron chi connectivity index (χ3n) is 4.20. The van der Waals surface area contributed by atoms with Crippen molar-refractivity contribution in [1.29, 1.82) is 0 Å². The lowest BCUT2D eigenvalue weighted by Crippen LogP contribution is -2.28. The second-order valence-electron chi connectivity index (χ2n) is 6.69. The summed E-state index contributed by atoms with van der Waals surface area (Å²) >= 11 is 0. The molecular formula is C21H17F4N3O4S. The lowest BCUT2D eigenvalue weighted by Gasteiger charge is -2.12. The number of aromatic nitrogens is 1. The predicted octanol–water partition coefficient (Wildman–Crippen LogP) is 4.32. The summed E-state index contributed by atoms with van der Waals surface area (Å²) in [6.07, 6.45) is -1.52. The molecule has 0 aliphatic heterocycles. The van der Waals surface area contributed by atoms with Gasteiger partial charge in [-0.25, -0.2) is 17.6 Å². The SMILES string of the molecule is O=C(NCc1cccnc1)Nc1ccc(S(=O)(=O)c2ccc(F)c(OCC(F)(F)F)c2)cc1. The van der Waals surface area contributed by atoms with E-state index in [2.05, 4.69) is 20.4 Å². The number of pyridine rings is 1. The van der Waals surface area contributed by atoms with Gasteiger partial charge in [-0.15, -0.1) is 0 Å². The Bertz CT molecular complexity index is 1220. The average molecular weight is 483 g/mol. The molecule has 0 aliphatic rings. The fourth-order valence-electron chi connectivity index (χ4n) is 2.63. The lowest BCUT2D eigenvalue weighted by atomic mass is 10.3. The molecule has 0 bridgehead atoms. The Hall–Kier alpha value is -3.67. The molecule has 174 valence electrons. The second-order valence-corrected chi connectivity index (χ2v) is 8.64. The highest BCUT2D eigenvalue weighted by Crippen LogP contribution is 2.28. The molecule has 0 unspecified atom stereocenters. The van der Waals surface area contributed by atoms with Crippen LogP contribution in [0, 0.1) is 5.82 Å².